The first kappa shape index (κ1) is 13.2. The minimum atomic E-state index is 0.822. The molecule has 0 aliphatic heterocycles. The highest BCUT2D eigenvalue weighted by atomic mass is 32.2. The highest BCUT2D eigenvalue weighted by Gasteiger charge is 2.11. The zero-order valence-corrected chi connectivity index (χ0v) is 12.2. The lowest BCUT2D eigenvalue weighted by Gasteiger charge is -2.04. The van der Waals surface area contributed by atoms with E-state index in [9.17, 15) is 0 Å². The van der Waals surface area contributed by atoms with E-state index in [2.05, 4.69) is 40.2 Å². The summed E-state index contributed by atoms with van der Waals surface area (Å²) in [4.78, 5) is 4.73. The molecule has 0 saturated heterocycles. The van der Waals surface area contributed by atoms with Gasteiger partial charge in [0.05, 0.1) is 5.69 Å². The molecule has 0 amide bonds. The first-order valence-electron chi connectivity index (χ1n) is 6.66. The fourth-order valence-electron chi connectivity index (χ4n) is 2.19. The van der Waals surface area contributed by atoms with Crippen LogP contribution in [0.15, 0.2) is 59.8 Å². The van der Waals surface area contributed by atoms with Crippen molar-refractivity contribution in [3.05, 3.63) is 66.0 Å². The maximum absolute atomic E-state index is 4.73. The number of hydrogen-bond acceptors (Lipinski definition) is 3. The lowest BCUT2D eigenvalue weighted by molar-refractivity contribution is 0.764. The maximum atomic E-state index is 4.73. The summed E-state index contributed by atoms with van der Waals surface area (Å²) in [5.41, 5.74) is 3.56. The maximum Gasteiger partial charge on any atom is 0.138 e. The second-order valence-electron chi connectivity index (χ2n) is 4.60. The van der Waals surface area contributed by atoms with Crippen LogP contribution in [0.4, 0.5) is 0 Å². The number of hydrogen-bond donors (Lipinski definition) is 1. The van der Waals surface area contributed by atoms with Gasteiger partial charge < -0.3 is 9.72 Å². The van der Waals surface area contributed by atoms with Gasteiger partial charge in [-0.25, -0.2) is 4.98 Å². The van der Waals surface area contributed by atoms with E-state index < -0.39 is 0 Å². The third-order valence-corrected chi connectivity index (χ3v) is 4.23. The standard InChI is InChI=1S/C16H17N3S/c1-17-11-14-16(18-15-9-5-6-10-19(14)15)20-12-13-7-3-2-4-8-13/h2-10,17H,11-12H2,1H3. The Labute approximate surface area is 123 Å². The molecule has 20 heavy (non-hydrogen) atoms. The lowest BCUT2D eigenvalue weighted by atomic mass is 10.2. The Bertz CT molecular complexity index is 691. The number of nitrogens with one attached hydrogen (secondary N) is 1. The summed E-state index contributed by atoms with van der Waals surface area (Å²) in [5, 5.41) is 4.33. The summed E-state index contributed by atoms with van der Waals surface area (Å²) in [6, 6.07) is 16.6. The second-order valence-corrected chi connectivity index (χ2v) is 5.56. The molecule has 0 unspecified atom stereocenters. The minimum absolute atomic E-state index is 0.822. The normalized spacial score (nSPS) is 11.1. The van der Waals surface area contributed by atoms with Gasteiger partial charge in [-0.2, -0.15) is 0 Å². The molecule has 0 atom stereocenters. The van der Waals surface area contributed by atoms with Gasteiger partial charge >= 0.3 is 0 Å². The Balaban J connectivity index is 1.88. The molecule has 3 nitrogen and oxygen atoms in total. The molecule has 1 N–H and O–H groups in total. The molecule has 2 heterocycles. The Morgan fingerprint density at radius 3 is 2.70 bits per heavy atom. The van der Waals surface area contributed by atoms with E-state index in [1.165, 1.54) is 11.3 Å². The number of aromatic nitrogens is 2. The molecule has 0 spiro atoms. The van der Waals surface area contributed by atoms with Gasteiger partial charge in [-0.3, -0.25) is 0 Å². The number of thioether (sulfide) groups is 1. The summed E-state index contributed by atoms with van der Waals surface area (Å²) < 4.78 is 2.16. The van der Waals surface area contributed by atoms with Crippen LogP contribution in [0, 0.1) is 0 Å². The zero-order chi connectivity index (χ0) is 13.8. The molecule has 0 bridgehead atoms. The molecule has 0 aliphatic rings. The van der Waals surface area contributed by atoms with Gasteiger partial charge in [0.2, 0.25) is 0 Å². The predicted molar refractivity (Wildman–Crippen MR) is 84.0 cm³/mol. The third-order valence-electron chi connectivity index (χ3n) is 3.15. The van der Waals surface area contributed by atoms with Crippen LogP contribution in [-0.4, -0.2) is 16.4 Å². The smallest absolute Gasteiger partial charge is 0.138 e. The number of rotatable bonds is 5. The van der Waals surface area contributed by atoms with Crippen LogP contribution in [0.3, 0.4) is 0 Å². The quantitative estimate of drug-likeness (QED) is 0.728. The van der Waals surface area contributed by atoms with E-state index in [1.807, 2.05) is 31.3 Å². The van der Waals surface area contributed by atoms with Gasteiger partial charge in [0, 0.05) is 18.5 Å². The van der Waals surface area contributed by atoms with Gasteiger partial charge in [0.25, 0.3) is 0 Å². The first-order valence-corrected chi connectivity index (χ1v) is 7.64. The molecule has 102 valence electrons. The molecule has 2 aromatic heterocycles. The molecule has 3 aromatic rings. The van der Waals surface area contributed by atoms with Crippen molar-refractivity contribution in [2.24, 2.45) is 0 Å². The average Bonchev–Trinajstić information content (AvgIpc) is 2.85. The predicted octanol–water partition coefficient (Wildman–Crippen LogP) is 3.35. The van der Waals surface area contributed by atoms with E-state index in [-0.39, 0.29) is 0 Å². The largest absolute Gasteiger partial charge is 0.314 e. The van der Waals surface area contributed by atoms with Gasteiger partial charge in [0.15, 0.2) is 0 Å². The number of benzene rings is 1. The first-order chi connectivity index (χ1) is 9.88. The number of nitrogens with zero attached hydrogens (tertiary/aromatic N) is 2. The van der Waals surface area contributed by atoms with Crippen LogP contribution in [-0.2, 0) is 12.3 Å². The lowest BCUT2D eigenvalue weighted by Crippen LogP contribution is -2.08. The Morgan fingerprint density at radius 1 is 1.10 bits per heavy atom. The summed E-state index contributed by atoms with van der Waals surface area (Å²) in [6.07, 6.45) is 2.07. The van der Waals surface area contributed by atoms with Crippen molar-refractivity contribution in [3.8, 4) is 0 Å². The van der Waals surface area contributed by atoms with Gasteiger partial charge in [-0.1, -0.05) is 48.2 Å². The van der Waals surface area contributed by atoms with Gasteiger partial charge in [-0.05, 0) is 24.7 Å². The summed E-state index contributed by atoms with van der Waals surface area (Å²) in [6.45, 7) is 0.822. The Hall–Kier alpha value is -1.78. The van der Waals surface area contributed by atoms with Crippen LogP contribution < -0.4 is 5.32 Å². The highest BCUT2D eigenvalue weighted by Crippen LogP contribution is 2.26. The SMILES string of the molecule is CNCc1c(SCc2ccccc2)nc2ccccn12. The van der Waals surface area contributed by atoms with Crippen molar-refractivity contribution in [3.63, 3.8) is 0 Å². The molecule has 4 heteroatoms. The van der Waals surface area contributed by atoms with Gasteiger partial charge in [-0.15, -0.1) is 0 Å². The molecule has 0 radical (unpaired) electrons. The van der Waals surface area contributed by atoms with E-state index >= 15 is 0 Å². The average molecular weight is 283 g/mol. The highest BCUT2D eigenvalue weighted by molar-refractivity contribution is 7.98. The number of fused-ring (bicyclic) bond motifs is 1. The molecule has 1 aromatic carbocycles. The van der Waals surface area contributed by atoms with Crippen molar-refractivity contribution in [2.45, 2.75) is 17.3 Å². The third kappa shape index (κ3) is 2.71. The topological polar surface area (TPSA) is 29.3 Å². The van der Waals surface area contributed by atoms with E-state index in [0.717, 1.165) is 23.0 Å². The molecule has 3 rings (SSSR count). The van der Waals surface area contributed by atoms with Crippen LogP contribution >= 0.6 is 11.8 Å². The zero-order valence-electron chi connectivity index (χ0n) is 11.4. The van der Waals surface area contributed by atoms with Crippen molar-refractivity contribution in [1.29, 1.82) is 0 Å². The van der Waals surface area contributed by atoms with Gasteiger partial charge in [0.1, 0.15) is 10.7 Å². The van der Waals surface area contributed by atoms with Crippen molar-refractivity contribution >= 4 is 17.4 Å². The summed E-state index contributed by atoms with van der Waals surface area (Å²) >= 11 is 1.79. The van der Waals surface area contributed by atoms with Crippen molar-refractivity contribution in [1.82, 2.24) is 14.7 Å². The minimum Gasteiger partial charge on any atom is -0.314 e. The van der Waals surface area contributed by atoms with Crippen LogP contribution in [0.2, 0.25) is 0 Å². The Kier molecular flexibility index (Phi) is 4.04. The summed E-state index contributed by atoms with van der Waals surface area (Å²) in [7, 11) is 1.97. The molecule has 0 aliphatic carbocycles. The van der Waals surface area contributed by atoms with Crippen molar-refractivity contribution < 1.29 is 0 Å². The van der Waals surface area contributed by atoms with E-state index in [1.54, 1.807) is 11.8 Å². The second kappa shape index (κ2) is 6.11. The summed E-state index contributed by atoms with van der Waals surface area (Å²) in [5.74, 6) is 0.946. The monoisotopic (exact) mass is 283 g/mol. The molecule has 0 saturated carbocycles. The number of pyridine rings is 1. The fraction of sp³-hybridized carbons (Fsp3) is 0.188. The Morgan fingerprint density at radius 2 is 1.90 bits per heavy atom. The van der Waals surface area contributed by atoms with Crippen molar-refractivity contribution in [2.75, 3.05) is 7.05 Å². The van der Waals surface area contributed by atoms with Crippen LogP contribution in [0.25, 0.3) is 5.65 Å². The van der Waals surface area contributed by atoms with Crippen LogP contribution in [0.1, 0.15) is 11.3 Å². The molecular weight excluding hydrogens is 266 g/mol. The van der Waals surface area contributed by atoms with E-state index in [4.69, 9.17) is 4.98 Å². The van der Waals surface area contributed by atoms with E-state index in [0.29, 0.717) is 0 Å². The number of imidazole rings is 1. The van der Waals surface area contributed by atoms with Crippen LogP contribution in [0.5, 0.6) is 0 Å². The molecular formula is C16H17N3S. The fourth-order valence-corrected chi connectivity index (χ4v) is 3.19. The molecule has 0 fully saturated rings.